The van der Waals surface area contributed by atoms with Gasteiger partial charge in [-0.25, -0.2) is 0 Å². The molecular formula is C21H27Cl2N3O2. The molecule has 0 spiro atoms. The molecule has 2 N–H and O–H groups in total. The van der Waals surface area contributed by atoms with Crippen molar-refractivity contribution in [3.05, 3.63) is 57.6 Å². The van der Waals surface area contributed by atoms with Crippen molar-refractivity contribution in [1.82, 2.24) is 15.5 Å². The highest BCUT2D eigenvalue weighted by Crippen LogP contribution is 2.33. The molecule has 5 nitrogen and oxygen atoms in total. The largest absolute Gasteiger partial charge is 0.493 e. The van der Waals surface area contributed by atoms with Crippen molar-refractivity contribution in [1.29, 1.82) is 0 Å². The summed E-state index contributed by atoms with van der Waals surface area (Å²) in [5.41, 5.74) is 1.82. The van der Waals surface area contributed by atoms with Gasteiger partial charge in [0, 0.05) is 67.0 Å². The van der Waals surface area contributed by atoms with E-state index in [2.05, 4.69) is 15.5 Å². The Bertz CT molecular complexity index is 747. The molecule has 0 saturated carbocycles. The number of piperazine rings is 1. The van der Waals surface area contributed by atoms with Crippen molar-refractivity contribution in [3.63, 3.8) is 0 Å². The molecule has 1 saturated heterocycles. The Morgan fingerprint density at radius 2 is 1.79 bits per heavy atom. The van der Waals surface area contributed by atoms with Gasteiger partial charge in [0.2, 0.25) is 0 Å². The van der Waals surface area contributed by atoms with Crippen LogP contribution in [0.15, 0.2) is 36.4 Å². The number of nitrogens with zero attached hydrogens (tertiary/aromatic N) is 1. The lowest BCUT2D eigenvalue weighted by Gasteiger charge is -2.27. The summed E-state index contributed by atoms with van der Waals surface area (Å²) >= 11 is 12.5. The van der Waals surface area contributed by atoms with Gasteiger partial charge in [-0.1, -0.05) is 41.4 Å². The molecule has 0 amide bonds. The molecular weight excluding hydrogens is 397 g/mol. The summed E-state index contributed by atoms with van der Waals surface area (Å²) in [6.45, 7) is 7.30. The predicted octanol–water partition coefficient (Wildman–Crippen LogP) is 3.58. The highest BCUT2D eigenvalue weighted by Gasteiger charge is 2.14. The van der Waals surface area contributed by atoms with E-state index in [9.17, 15) is 0 Å². The van der Waals surface area contributed by atoms with Gasteiger partial charge in [-0.05, 0) is 18.2 Å². The molecule has 1 heterocycles. The number of methoxy groups -OCH3 is 1. The number of para-hydroxylation sites is 1. The molecule has 0 unspecified atom stereocenters. The fourth-order valence-electron chi connectivity index (χ4n) is 3.23. The first-order valence-corrected chi connectivity index (χ1v) is 10.3. The number of benzene rings is 2. The predicted molar refractivity (Wildman–Crippen MR) is 115 cm³/mol. The summed E-state index contributed by atoms with van der Waals surface area (Å²) in [6.07, 6.45) is 0. The summed E-state index contributed by atoms with van der Waals surface area (Å²) in [5.74, 6) is 1.42. The number of hydrogen-bond donors (Lipinski definition) is 2. The summed E-state index contributed by atoms with van der Waals surface area (Å²) in [7, 11) is 1.65. The van der Waals surface area contributed by atoms with Crippen molar-refractivity contribution in [2.45, 2.75) is 13.2 Å². The van der Waals surface area contributed by atoms with Gasteiger partial charge in [0.25, 0.3) is 0 Å². The van der Waals surface area contributed by atoms with E-state index in [1.165, 1.54) is 0 Å². The maximum Gasteiger partial charge on any atom is 0.166 e. The summed E-state index contributed by atoms with van der Waals surface area (Å²) in [4.78, 5) is 2.46. The second kappa shape index (κ2) is 10.9. The van der Waals surface area contributed by atoms with Crippen molar-refractivity contribution in [3.8, 4) is 11.5 Å². The van der Waals surface area contributed by atoms with Crippen LogP contribution in [0.5, 0.6) is 11.5 Å². The first-order valence-electron chi connectivity index (χ1n) is 9.54. The molecule has 152 valence electrons. The topological polar surface area (TPSA) is 45.8 Å². The van der Waals surface area contributed by atoms with Crippen LogP contribution in [0.4, 0.5) is 0 Å². The van der Waals surface area contributed by atoms with Crippen LogP contribution < -0.4 is 20.1 Å². The number of hydrogen-bond acceptors (Lipinski definition) is 5. The maximum atomic E-state index is 6.27. The van der Waals surface area contributed by atoms with E-state index in [4.69, 9.17) is 32.7 Å². The van der Waals surface area contributed by atoms with Gasteiger partial charge < -0.3 is 20.1 Å². The van der Waals surface area contributed by atoms with Gasteiger partial charge >= 0.3 is 0 Å². The molecule has 2 aromatic rings. The minimum atomic E-state index is 0.284. The average Bonchev–Trinajstić information content (AvgIpc) is 2.72. The molecule has 1 fully saturated rings. The Labute approximate surface area is 176 Å². The Morgan fingerprint density at radius 1 is 1.07 bits per heavy atom. The molecule has 1 aliphatic heterocycles. The zero-order chi connectivity index (χ0) is 19.8. The van der Waals surface area contributed by atoms with Gasteiger partial charge in [0.05, 0.1) is 7.11 Å². The van der Waals surface area contributed by atoms with Crippen LogP contribution in [0.25, 0.3) is 0 Å². The third-order valence-electron chi connectivity index (χ3n) is 4.83. The summed E-state index contributed by atoms with van der Waals surface area (Å²) in [5, 5.41) is 8.08. The van der Waals surface area contributed by atoms with Crippen LogP contribution in [-0.4, -0.2) is 51.3 Å². The van der Waals surface area contributed by atoms with Gasteiger partial charge in [-0.15, -0.1) is 0 Å². The van der Waals surface area contributed by atoms with Crippen LogP contribution in [0.1, 0.15) is 11.1 Å². The standard InChI is InChI=1S/C21H27Cl2N3O2/c1-27-20-7-2-4-16(14-25-10-13-26-11-8-24-9-12-26)21(20)28-15-17-18(22)5-3-6-19(17)23/h2-7,24-25H,8-15H2,1H3. The van der Waals surface area contributed by atoms with Crippen molar-refractivity contribution in [2.75, 3.05) is 46.4 Å². The SMILES string of the molecule is COc1cccc(CNCCN2CCNCC2)c1OCc1c(Cl)cccc1Cl. The van der Waals surface area contributed by atoms with Crippen LogP contribution in [0.2, 0.25) is 10.0 Å². The number of halogens is 2. The number of nitrogens with one attached hydrogen (secondary N) is 2. The smallest absolute Gasteiger partial charge is 0.166 e. The monoisotopic (exact) mass is 423 g/mol. The van der Waals surface area contributed by atoms with Gasteiger partial charge in [0.15, 0.2) is 11.5 Å². The normalized spacial score (nSPS) is 14.8. The Morgan fingerprint density at radius 3 is 2.50 bits per heavy atom. The van der Waals surface area contributed by atoms with Crippen LogP contribution >= 0.6 is 23.2 Å². The number of rotatable bonds is 9. The van der Waals surface area contributed by atoms with E-state index >= 15 is 0 Å². The first kappa shape index (κ1) is 21.2. The molecule has 0 atom stereocenters. The quantitative estimate of drug-likeness (QED) is 0.603. The molecule has 0 aliphatic carbocycles. The summed E-state index contributed by atoms with van der Waals surface area (Å²) < 4.78 is 11.6. The zero-order valence-corrected chi connectivity index (χ0v) is 17.7. The lowest BCUT2D eigenvalue weighted by Crippen LogP contribution is -2.45. The minimum Gasteiger partial charge on any atom is -0.493 e. The minimum absolute atomic E-state index is 0.284. The van der Waals surface area contributed by atoms with Gasteiger partial charge in [-0.3, -0.25) is 4.90 Å². The molecule has 1 aliphatic rings. The molecule has 2 aromatic carbocycles. The van der Waals surface area contributed by atoms with E-state index in [1.807, 2.05) is 36.4 Å². The zero-order valence-electron chi connectivity index (χ0n) is 16.1. The van der Waals surface area contributed by atoms with Crippen LogP contribution in [-0.2, 0) is 13.2 Å². The van der Waals surface area contributed by atoms with E-state index in [1.54, 1.807) is 7.11 Å². The number of ether oxygens (including phenoxy) is 2. The molecule has 0 bridgehead atoms. The van der Waals surface area contributed by atoms with Gasteiger partial charge in [-0.2, -0.15) is 0 Å². The lowest BCUT2D eigenvalue weighted by atomic mass is 10.1. The highest BCUT2D eigenvalue weighted by atomic mass is 35.5. The van der Waals surface area contributed by atoms with E-state index in [0.717, 1.165) is 56.1 Å². The average molecular weight is 424 g/mol. The van der Waals surface area contributed by atoms with Crippen LogP contribution in [0.3, 0.4) is 0 Å². The molecule has 3 rings (SSSR count). The highest BCUT2D eigenvalue weighted by molar-refractivity contribution is 6.35. The fraction of sp³-hybridized carbons (Fsp3) is 0.429. The molecule has 0 radical (unpaired) electrons. The second-order valence-corrected chi connectivity index (χ2v) is 7.52. The third kappa shape index (κ3) is 5.75. The van der Waals surface area contributed by atoms with Crippen LogP contribution in [0, 0.1) is 0 Å². The van der Waals surface area contributed by atoms with E-state index in [0.29, 0.717) is 22.3 Å². The maximum absolute atomic E-state index is 6.27. The van der Waals surface area contributed by atoms with Crippen molar-refractivity contribution < 1.29 is 9.47 Å². The fourth-order valence-corrected chi connectivity index (χ4v) is 3.74. The molecule has 0 aromatic heterocycles. The third-order valence-corrected chi connectivity index (χ3v) is 5.54. The molecule has 7 heteroatoms. The van der Waals surface area contributed by atoms with E-state index in [-0.39, 0.29) is 6.61 Å². The van der Waals surface area contributed by atoms with Crippen molar-refractivity contribution in [2.24, 2.45) is 0 Å². The first-order chi connectivity index (χ1) is 13.7. The van der Waals surface area contributed by atoms with Crippen molar-refractivity contribution >= 4 is 23.2 Å². The summed E-state index contributed by atoms with van der Waals surface area (Å²) in [6, 6.07) is 11.4. The van der Waals surface area contributed by atoms with Gasteiger partial charge in [0.1, 0.15) is 6.61 Å². The molecule has 28 heavy (non-hydrogen) atoms. The Hall–Kier alpha value is -1.50. The second-order valence-electron chi connectivity index (χ2n) is 6.71. The Balaban J connectivity index is 1.61. The van der Waals surface area contributed by atoms with E-state index < -0.39 is 0 Å². The lowest BCUT2D eigenvalue weighted by molar-refractivity contribution is 0.240. The Kier molecular flexibility index (Phi) is 8.25.